The first kappa shape index (κ1) is 19.9. The molecule has 1 aromatic carbocycles. The molecule has 0 radical (unpaired) electrons. The minimum atomic E-state index is -0.0161. The van der Waals surface area contributed by atoms with E-state index < -0.39 is 0 Å². The molecule has 2 aromatic heterocycles. The predicted molar refractivity (Wildman–Crippen MR) is 119 cm³/mol. The Bertz CT molecular complexity index is 1120. The molecule has 8 nitrogen and oxygen atoms in total. The topological polar surface area (TPSA) is 76.4 Å². The number of anilines is 1. The number of ether oxygens (including phenoxy) is 1. The van der Waals surface area contributed by atoms with Crippen molar-refractivity contribution in [3.05, 3.63) is 53.0 Å². The summed E-state index contributed by atoms with van der Waals surface area (Å²) in [7, 11) is 1.72. The van der Waals surface area contributed by atoms with Crippen LogP contribution in [0.4, 0.5) is 5.69 Å². The zero-order valence-corrected chi connectivity index (χ0v) is 17.9. The van der Waals surface area contributed by atoms with Crippen molar-refractivity contribution in [2.24, 2.45) is 7.05 Å². The molecule has 1 aliphatic carbocycles. The van der Waals surface area contributed by atoms with Crippen molar-refractivity contribution in [3.63, 3.8) is 0 Å². The van der Waals surface area contributed by atoms with Crippen molar-refractivity contribution in [1.29, 1.82) is 0 Å². The van der Waals surface area contributed by atoms with Gasteiger partial charge in [0, 0.05) is 51.5 Å². The molecule has 162 valence electrons. The Morgan fingerprint density at radius 1 is 1.03 bits per heavy atom. The number of piperazine rings is 1. The molecule has 3 heterocycles. The maximum Gasteiger partial charge on any atom is 0.253 e. The largest absolute Gasteiger partial charge is 0.474 e. The quantitative estimate of drug-likeness (QED) is 0.627. The van der Waals surface area contributed by atoms with Gasteiger partial charge in [0.2, 0.25) is 5.88 Å². The number of aryl methyl sites for hydroxylation is 1. The summed E-state index contributed by atoms with van der Waals surface area (Å²) in [5, 5.41) is 0.985. The highest BCUT2D eigenvalue weighted by molar-refractivity contribution is 5.86. The van der Waals surface area contributed by atoms with Crippen LogP contribution in [0.25, 0.3) is 10.9 Å². The molecule has 1 saturated heterocycles. The Morgan fingerprint density at radius 3 is 2.61 bits per heavy atom. The van der Waals surface area contributed by atoms with Gasteiger partial charge in [0.25, 0.3) is 5.56 Å². The van der Waals surface area contributed by atoms with E-state index in [1.54, 1.807) is 25.8 Å². The lowest BCUT2D eigenvalue weighted by atomic mass is 10.1. The minimum absolute atomic E-state index is 0.0161. The number of benzene rings is 1. The van der Waals surface area contributed by atoms with Gasteiger partial charge in [-0.1, -0.05) is 0 Å². The molecule has 2 aliphatic rings. The van der Waals surface area contributed by atoms with Crippen LogP contribution in [0.3, 0.4) is 0 Å². The van der Waals surface area contributed by atoms with Gasteiger partial charge in [-0.15, -0.1) is 0 Å². The van der Waals surface area contributed by atoms with Crippen LogP contribution in [0, 0.1) is 0 Å². The molecular weight excluding hydrogens is 392 g/mol. The summed E-state index contributed by atoms with van der Waals surface area (Å²) in [6.45, 7) is 4.39. The van der Waals surface area contributed by atoms with Gasteiger partial charge in [0.05, 0.1) is 22.9 Å². The molecule has 0 N–H and O–H groups in total. The molecule has 1 aliphatic heterocycles. The monoisotopic (exact) mass is 420 g/mol. The summed E-state index contributed by atoms with van der Waals surface area (Å²) in [5.41, 5.74) is 2.90. The second-order valence-electron chi connectivity index (χ2n) is 8.50. The third-order valence-electron chi connectivity index (χ3n) is 6.32. The fraction of sp³-hybridized carbons (Fsp3) is 0.478. The third-order valence-corrected chi connectivity index (χ3v) is 6.32. The van der Waals surface area contributed by atoms with Gasteiger partial charge in [-0.2, -0.15) is 0 Å². The molecule has 0 unspecified atom stereocenters. The average Bonchev–Trinajstić information content (AvgIpc) is 3.30. The molecule has 1 saturated carbocycles. The number of aromatic nitrogens is 4. The zero-order chi connectivity index (χ0) is 21.2. The fourth-order valence-corrected chi connectivity index (χ4v) is 4.45. The van der Waals surface area contributed by atoms with Crippen LogP contribution in [-0.4, -0.2) is 56.7 Å². The predicted octanol–water partition coefficient (Wildman–Crippen LogP) is 2.37. The third kappa shape index (κ3) is 4.39. The number of fused-ring (bicyclic) bond motifs is 1. The van der Waals surface area contributed by atoms with Gasteiger partial charge in [-0.3, -0.25) is 9.69 Å². The first-order chi connectivity index (χ1) is 15.2. The van der Waals surface area contributed by atoms with E-state index in [-0.39, 0.29) is 11.7 Å². The Hall–Kier alpha value is -3.00. The summed E-state index contributed by atoms with van der Waals surface area (Å²) >= 11 is 0. The Kier molecular flexibility index (Phi) is 5.55. The van der Waals surface area contributed by atoms with Crippen LogP contribution in [0.2, 0.25) is 0 Å². The molecule has 0 spiro atoms. The second kappa shape index (κ2) is 8.63. The molecule has 0 amide bonds. The smallest absolute Gasteiger partial charge is 0.253 e. The molecule has 3 aromatic rings. The Balaban J connectivity index is 1.27. The second-order valence-corrected chi connectivity index (χ2v) is 8.50. The van der Waals surface area contributed by atoms with Gasteiger partial charge < -0.3 is 14.2 Å². The summed E-state index contributed by atoms with van der Waals surface area (Å²) in [6, 6.07) is 7.98. The van der Waals surface area contributed by atoms with Crippen molar-refractivity contribution in [1.82, 2.24) is 24.4 Å². The highest BCUT2D eigenvalue weighted by Crippen LogP contribution is 2.30. The lowest BCUT2D eigenvalue weighted by molar-refractivity contribution is 0.204. The van der Waals surface area contributed by atoms with Crippen LogP contribution in [-0.2, 0) is 13.6 Å². The van der Waals surface area contributed by atoms with Crippen molar-refractivity contribution in [2.45, 2.75) is 38.3 Å². The van der Waals surface area contributed by atoms with E-state index in [2.05, 4.69) is 43.0 Å². The van der Waals surface area contributed by atoms with Gasteiger partial charge in [0.15, 0.2) is 0 Å². The van der Waals surface area contributed by atoms with E-state index in [9.17, 15) is 4.79 Å². The first-order valence-corrected chi connectivity index (χ1v) is 11.1. The van der Waals surface area contributed by atoms with Crippen molar-refractivity contribution < 1.29 is 4.74 Å². The van der Waals surface area contributed by atoms with Gasteiger partial charge in [-0.25, -0.2) is 15.0 Å². The van der Waals surface area contributed by atoms with Crippen LogP contribution in [0.15, 0.2) is 41.7 Å². The molecule has 31 heavy (non-hydrogen) atoms. The van der Waals surface area contributed by atoms with E-state index in [1.165, 1.54) is 23.1 Å². The molecule has 8 heteroatoms. The van der Waals surface area contributed by atoms with Gasteiger partial charge in [-0.05, 0) is 43.9 Å². The van der Waals surface area contributed by atoms with Crippen molar-refractivity contribution in [2.75, 3.05) is 31.1 Å². The van der Waals surface area contributed by atoms with Crippen molar-refractivity contribution >= 4 is 16.6 Å². The van der Waals surface area contributed by atoms with Crippen LogP contribution in [0.5, 0.6) is 5.88 Å². The van der Waals surface area contributed by atoms with E-state index in [4.69, 9.17) is 4.74 Å². The lowest BCUT2D eigenvalue weighted by Gasteiger charge is -2.36. The highest BCUT2D eigenvalue weighted by Gasteiger charge is 2.21. The maximum absolute atomic E-state index is 11.8. The van der Waals surface area contributed by atoms with Gasteiger partial charge in [0.1, 0.15) is 12.4 Å². The maximum atomic E-state index is 11.8. The van der Waals surface area contributed by atoms with E-state index >= 15 is 0 Å². The summed E-state index contributed by atoms with van der Waals surface area (Å²) in [6.07, 6.45) is 8.14. The first-order valence-electron chi connectivity index (χ1n) is 11.1. The van der Waals surface area contributed by atoms with Gasteiger partial charge >= 0.3 is 0 Å². The summed E-state index contributed by atoms with van der Waals surface area (Å²) in [4.78, 5) is 29.8. The standard InChI is InChI=1S/C23H28N6O2/c1-27-16-26-17(12-22(27)30)14-28-8-10-29(11-9-28)18-6-7-21-20(13-18)23(25-15-24-21)31-19-4-2-3-5-19/h6-7,12-13,15-16,19H,2-5,8-11,14H2,1H3. The van der Waals surface area contributed by atoms with E-state index in [0.29, 0.717) is 12.4 Å². The minimum Gasteiger partial charge on any atom is -0.474 e. The van der Waals surface area contributed by atoms with Crippen LogP contribution < -0.4 is 15.2 Å². The number of nitrogens with zero attached hydrogens (tertiary/aromatic N) is 6. The SMILES string of the molecule is Cn1cnc(CN2CCN(c3ccc4ncnc(OC5CCCC5)c4c3)CC2)cc1=O. The normalized spacial score (nSPS) is 18.0. The number of hydrogen-bond donors (Lipinski definition) is 0. The molecule has 0 bridgehead atoms. The fourth-order valence-electron chi connectivity index (χ4n) is 4.45. The molecule has 0 atom stereocenters. The highest BCUT2D eigenvalue weighted by atomic mass is 16.5. The average molecular weight is 421 g/mol. The number of rotatable bonds is 5. The Labute approximate surface area is 181 Å². The summed E-state index contributed by atoms with van der Waals surface area (Å²) < 4.78 is 7.72. The van der Waals surface area contributed by atoms with Crippen LogP contribution in [0.1, 0.15) is 31.4 Å². The van der Waals surface area contributed by atoms with E-state index in [0.717, 1.165) is 55.6 Å². The van der Waals surface area contributed by atoms with E-state index in [1.807, 2.05) is 0 Å². The van der Waals surface area contributed by atoms with Crippen LogP contribution >= 0.6 is 0 Å². The zero-order valence-electron chi connectivity index (χ0n) is 17.9. The van der Waals surface area contributed by atoms with Crippen molar-refractivity contribution in [3.8, 4) is 5.88 Å². The lowest BCUT2D eigenvalue weighted by Crippen LogP contribution is -2.46. The number of hydrogen-bond acceptors (Lipinski definition) is 7. The Morgan fingerprint density at radius 2 is 1.84 bits per heavy atom. The molecule has 2 fully saturated rings. The summed E-state index contributed by atoms with van der Waals surface area (Å²) in [5.74, 6) is 0.703. The molecule has 5 rings (SSSR count). The molecular formula is C23H28N6O2.